The highest BCUT2D eigenvalue weighted by atomic mass is 16.5. The van der Waals surface area contributed by atoms with Crippen molar-refractivity contribution in [1.29, 1.82) is 0 Å². The van der Waals surface area contributed by atoms with E-state index in [0.717, 1.165) is 51.9 Å². The number of nitrogens with zero attached hydrogens (tertiary/aromatic N) is 1. The van der Waals surface area contributed by atoms with Crippen LogP contribution in [0.3, 0.4) is 0 Å². The van der Waals surface area contributed by atoms with Crippen molar-refractivity contribution < 1.29 is 9.53 Å². The number of rotatable bonds is 4. The summed E-state index contributed by atoms with van der Waals surface area (Å²) in [6.45, 7) is 5.71. The van der Waals surface area contributed by atoms with Gasteiger partial charge in [-0.05, 0) is 32.2 Å². The van der Waals surface area contributed by atoms with Gasteiger partial charge in [0.1, 0.15) is 6.10 Å². The van der Waals surface area contributed by atoms with Gasteiger partial charge in [-0.15, -0.1) is 0 Å². The first-order valence-electron chi connectivity index (χ1n) is 6.45. The van der Waals surface area contributed by atoms with Gasteiger partial charge in [0, 0.05) is 25.7 Å². The van der Waals surface area contributed by atoms with Gasteiger partial charge >= 0.3 is 0 Å². The van der Waals surface area contributed by atoms with Gasteiger partial charge in [0.2, 0.25) is 0 Å². The molecule has 0 aromatic carbocycles. The molecule has 1 amide bonds. The number of hydrogen-bond acceptors (Lipinski definition) is 3. The summed E-state index contributed by atoms with van der Waals surface area (Å²) in [4.78, 5) is 14.3. The van der Waals surface area contributed by atoms with Crippen molar-refractivity contribution in [2.75, 3.05) is 26.2 Å². The Morgan fingerprint density at radius 2 is 2.38 bits per heavy atom. The first-order chi connectivity index (χ1) is 7.83. The molecular formula is C12H22N2O2. The van der Waals surface area contributed by atoms with Gasteiger partial charge in [-0.1, -0.05) is 6.92 Å². The molecule has 92 valence electrons. The van der Waals surface area contributed by atoms with Crippen LogP contribution in [0.4, 0.5) is 0 Å². The third-order valence-corrected chi connectivity index (χ3v) is 3.43. The molecule has 0 spiro atoms. The fraction of sp³-hybridized carbons (Fsp3) is 0.917. The maximum Gasteiger partial charge on any atom is 0.251 e. The predicted molar refractivity (Wildman–Crippen MR) is 62.3 cm³/mol. The number of carbonyl (C=O) groups excluding carboxylic acids is 1. The Morgan fingerprint density at radius 1 is 1.50 bits per heavy atom. The molecule has 2 aliphatic heterocycles. The molecule has 0 saturated carbocycles. The van der Waals surface area contributed by atoms with Crippen LogP contribution in [-0.4, -0.2) is 49.2 Å². The van der Waals surface area contributed by atoms with Gasteiger partial charge in [-0.3, -0.25) is 4.79 Å². The van der Waals surface area contributed by atoms with Crippen LogP contribution in [0.15, 0.2) is 0 Å². The maximum absolute atomic E-state index is 12.3. The summed E-state index contributed by atoms with van der Waals surface area (Å²) in [7, 11) is 0. The molecule has 0 aromatic rings. The van der Waals surface area contributed by atoms with Crippen LogP contribution in [0.2, 0.25) is 0 Å². The van der Waals surface area contributed by atoms with E-state index in [1.54, 1.807) is 0 Å². The Hall–Kier alpha value is -0.610. The lowest BCUT2D eigenvalue weighted by Crippen LogP contribution is -2.46. The lowest BCUT2D eigenvalue weighted by molar-refractivity contribution is -0.143. The Bertz CT molecular complexity index is 233. The number of nitrogens with one attached hydrogen (secondary N) is 1. The Morgan fingerprint density at radius 3 is 2.94 bits per heavy atom. The highest BCUT2D eigenvalue weighted by Crippen LogP contribution is 2.18. The Balaban J connectivity index is 1.96. The van der Waals surface area contributed by atoms with Gasteiger partial charge in [-0.2, -0.15) is 0 Å². The van der Waals surface area contributed by atoms with Crippen LogP contribution in [0.1, 0.15) is 32.6 Å². The number of ether oxygens (including phenoxy) is 1. The predicted octanol–water partition coefficient (Wildman–Crippen LogP) is 0.766. The van der Waals surface area contributed by atoms with Gasteiger partial charge in [0.15, 0.2) is 0 Å². The van der Waals surface area contributed by atoms with Crippen LogP contribution in [-0.2, 0) is 9.53 Å². The minimum absolute atomic E-state index is 0.160. The molecule has 0 aliphatic carbocycles. The van der Waals surface area contributed by atoms with Crippen molar-refractivity contribution in [2.45, 2.75) is 44.8 Å². The standard InChI is InChI=1S/C12H22N2O2/c1-2-7-14(10-5-6-13-9-10)12(15)11-4-3-8-16-11/h10-11,13H,2-9H2,1H3/t10?,11-/m0/s1. The molecular weight excluding hydrogens is 204 g/mol. The molecule has 0 bridgehead atoms. The average molecular weight is 226 g/mol. The topological polar surface area (TPSA) is 41.6 Å². The van der Waals surface area contributed by atoms with Crippen molar-refractivity contribution in [1.82, 2.24) is 10.2 Å². The highest BCUT2D eigenvalue weighted by molar-refractivity contribution is 5.81. The third kappa shape index (κ3) is 2.55. The first-order valence-corrected chi connectivity index (χ1v) is 6.45. The van der Waals surface area contributed by atoms with Crippen molar-refractivity contribution in [3.8, 4) is 0 Å². The zero-order valence-electron chi connectivity index (χ0n) is 10.1. The molecule has 2 heterocycles. The highest BCUT2D eigenvalue weighted by Gasteiger charge is 2.32. The SMILES string of the molecule is CCCN(C(=O)[C@@H]1CCCO1)C1CCNC1. The zero-order chi connectivity index (χ0) is 11.4. The van der Waals surface area contributed by atoms with Gasteiger partial charge in [0.05, 0.1) is 0 Å². The Kier molecular flexibility index (Phi) is 4.18. The van der Waals surface area contributed by atoms with E-state index in [9.17, 15) is 4.79 Å². The van der Waals surface area contributed by atoms with E-state index >= 15 is 0 Å². The van der Waals surface area contributed by atoms with Crippen LogP contribution in [0, 0.1) is 0 Å². The molecule has 2 rings (SSSR count). The summed E-state index contributed by atoms with van der Waals surface area (Å²) < 4.78 is 5.49. The molecule has 4 heteroatoms. The second kappa shape index (κ2) is 5.64. The number of hydrogen-bond donors (Lipinski definition) is 1. The van der Waals surface area contributed by atoms with Crippen molar-refractivity contribution in [3.05, 3.63) is 0 Å². The lowest BCUT2D eigenvalue weighted by atomic mass is 10.1. The lowest BCUT2D eigenvalue weighted by Gasteiger charge is -2.30. The molecule has 16 heavy (non-hydrogen) atoms. The summed E-state index contributed by atoms with van der Waals surface area (Å²) >= 11 is 0. The summed E-state index contributed by atoms with van der Waals surface area (Å²) in [6, 6.07) is 0.386. The molecule has 0 aromatic heterocycles. The van der Waals surface area contributed by atoms with Crippen LogP contribution in [0.25, 0.3) is 0 Å². The largest absolute Gasteiger partial charge is 0.368 e. The third-order valence-electron chi connectivity index (χ3n) is 3.43. The minimum Gasteiger partial charge on any atom is -0.368 e. The fourth-order valence-electron chi connectivity index (χ4n) is 2.58. The van der Waals surface area contributed by atoms with E-state index in [1.165, 1.54) is 0 Å². The summed E-state index contributed by atoms with van der Waals surface area (Å²) in [6.07, 6.45) is 3.87. The van der Waals surface area contributed by atoms with E-state index in [4.69, 9.17) is 4.74 Å². The maximum atomic E-state index is 12.3. The summed E-state index contributed by atoms with van der Waals surface area (Å²) in [5.41, 5.74) is 0. The van der Waals surface area contributed by atoms with Gasteiger partial charge in [0.25, 0.3) is 5.91 Å². The molecule has 0 radical (unpaired) electrons. The molecule has 2 atom stereocenters. The summed E-state index contributed by atoms with van der Waals surface area (Å²) in [5.74, 6) is 0.216. The van der Waals surface area contributed by atoms with Crippen LogP contribution >= 0.6 is 0 Å². The first kappa shape index (κ1) is 11.9. The second-order valence-electron chi connectivity index (χ2n) is 4.68. The molecule has 2 fully saturated rings. The summed E-state index contributed by atoms with van der Waals surface area (Å²) in [5, 5.41) is 3.32. The van der Waals surface area contributed by atoms with Crippen LogP contribution in [0.5, 0.6) is 0 Å². The number of amides is 1. The monoisotopic (exact) mass is 226 g/mol. The normalized spacial score (nSPS) is 29.6. The van der Waals surface area contributed by atoms with Crippen molar-refractivity contribution in [2.24, 2.45) is 0 Å². The Labute approximate surface area is 97.3 Å². The van der Waals surface area contributed by atoms with Crippen molar-refractivity contribution >= 4 is 5.91 Å². The molecule has 2 aliphatic rings. The molecule has 1 N–H and O–H groups in total. The van der Waals surface area contributed by atoms with E-state index < -0.39 is 0 Å². The van der Waals surface area contributed by atoms with Gasteiger partial charge < -0.3 is 15.0 Å². The smallest absolute Gasteiger partial charge is 0.251 e. The van der Waals surface area contributed by atoms with E-state index in [1.807, 2.05) is 4.90 Å². The molecule has 4 nitrogen and oxygen atoms in total. The second-order valence-corrected chi connectivity index (χ2v) is 4.68. The average Bonchev–Trinajstić information content (AvgIpc) is 2.96. The van der Waals surface area contributed by atoms with E-state index in [0.29, 0.717) is 6.04 Å². The van der Waals surface area contributed by atoms with E-state index in [2.05, 4.69) is 12.2 Å². The molecule has 1 unspecified atom stereocenters. The number of carbonyl (C=O) groups is 1. The zero-order valence-corrected chi connectivity index (χ0v) is 10.1. The fourth-order valence-corrected chi connectivity index (χ4v) is 2.58. The van der Waals surface area contributed by atoms with Crippen LogP contribution < -0.4 is 5.32 Å². The quantitative estimate of drug-likeness (QED) is 0.769. The van der Waals surface area contributed by atoms with Crippen molar-refractivity contribution in [3.63, 3.8) is 0 Å². The van der Waals surface area contributed by atoms with E-state index in [-0.39, 0.29) is 12.0 Å². The molecule has 2 saturated heterocycles. The minimum atomic E-state index is -0.160. The van der Waals surface area contributed by atoms with Gasteiger partial charge in [-0.25, -0.2) is 0 Å².